The van der Waals surface area contributed by atoms with Gasteiger partial charge in [0.05, 0.1) is 25.2 Å². The van der Waals surface area contributed by atoms with Gasteiger partial charge in [-0.15, -0.1) is 0 Å². The maximum atomic E-state index is 11.3. The van der Waals surface area contributed by atoms with E-state index in [0.717, 1.165) is 12.3 Å². The Morgan fingerprint density at radius 3 is 2.68 bits per heavy atom. The van der Waals surface area contributed by atoms with Crippen molar-refractivity contribution in [3.05, 3.63) is 0 Å². The number of carbonyl (C=O) groups is 1. The molecule has 5 nitrogen and oxygen atoms in total. The Morgan fingerprint density at radius 2 is 2.09 bits per heavy atom. The third-order valence-electron chi connectivity index (χ3n) is 6.30. The molecule has 0 aromatic rings. The molecule has 1 unspecified atom stereocenters. The second kappa shape index (κ2) is 5.97. The lowest BCUT2D eigenvalue weighted by Gasteiger charge is -2.64. The maximum Gasteiger partial charge on any atom is 0.521 e. The Morgan fingerprint density at radius 1 is 1.41 bits per heavy atom. The first-order valence-corrected chi connectivity index (χ1v) is 8.02. The van der Waals surface area contributed by atoms with Crippen LogP contribution in [0, 0.1) is 17.3 Å². The first-order valence-electron chi connectivity index (χ1n) is 8.02. The van der Waals surface area contributed by atoms with Gasteiger partial charge in [-0.1, -0.05) is 13.8 Å². The molecule has 1 heterocycles. The Hall–Kier alpha value is -0.295. The Kier molecular flexibility index (Phi) is 4.90. The van der Waals surface area contributed by atoms with Gasteiger partial charge in [-0.05, 0) is 37.0 Å². The van der Waals surface area contributed by atoms with Crippen LogP contribution in [-0.2, 0) is 18.8 Å². The van der Waals surface area contributed by atoms with Crippen molar-refractivity contribution in [2.45, 2.75) is 64.1 Å². The van der Waals surface area contributed by atoms with E-state index in [-0.39, 0.29) is 43.1 Å². The average Bonchev–Trinajstić information content (AvgIpc) is 2.80. The second-order valence-corrected chi connectivity index (χ2v) is 7.71. The molecule has 3 aliphatic carbocycles. The molecular formula is C15H27BClNO4. The summed E-state index contributed by atoms with van der Waals surface area (Å²) in [6, 6.07) is 0. The van der Waals surface area contributed by atoms with Crippen molar-refractivity contribution in [3.8, 4) is 0 Å². The molecule has 5 atom stereocenters. The number of rotatable bonds is 4. The zero-order chi connectivity index (χ0) is 15.4. The molecule has 0 aromatic heterocycles. The van der Waals surface area contributed by atoms with Crippen molar-refractivity contribution < 1.29 is 37.0 Å². The summed E-state index contributed by atoms with van der Waals surface area (Å²) in [4.78, 5) is 11.3. The molecule has 0 radical (unpaired) electrons. The Bertz CT molecular complexity index is 449. The maximum absolute atomic E-state index is 11.3. The highest BCUT2D eigenvalue weighted by Gasteiger charge is 2.68. The molecule has 22 heavy (non-hydrogen) atoms. The minimum absolute atomic E-state index is 0. The van der Waals surface area contributed by atoms with Crippen LogP contribution in [0.15, 0.2) is 0 Å². The Labute approximate surface area is 139 Å². The van der Waals surface area contributed by atoms with E-state index < -0.39 is 0 Å². The second-order valence-electron chi connectivity index (χ2n) is 7.71. The van der Waals surface area contributed by atoms with E-state index in [4.69, 9.17) is 9.31 Å². The van der Waals surface area contributed by atoms with Gasteiger partial charge in [0.25, 0.3) is 0 Å². The van der Waals surface area contributed by atoms with Crippen LogP contribution in [0.2, 0.25) is 0 Å². The standard InChI is InChI=1S/C15H26BNO4.ClH/c1-14(2)9-7-10(14)15(3)11(8-9)20-16(21-15)12(17)5-6-13(18)19-4;/h9-12H,5-8,17H2,1-4H3;1H/t9-,10-,11+,12?,15-;/m0./s1. The van der Waals surface area contributed by atoms with E-state index in [9.17, 15) is 4.79 Å². The highest BCUT2D eigenvalue weighted by Crippen LogP contribution is 2.65. The fourth-order valence-electron chi connectivity index (χ4n) is 4.64. The largest absolute Gasteiger partial charge is 1.00 e. The fourth-order valence-corrected chi connectivity index (χ4v) is 4.64. The van der Waals surface area contributed by atoms with E-state index in [1.54, 1.807) is 0 Å². The predicted molar refractivity (Wildman–Crippen MR) is 78.0 cm³/mol. The van der Waals surface area contributed by atoms with Crippen LogP contribution in [0.3, 0.4) is 0 Å². The molecule has 7 heteroatoms. The summed E-state index contributed by atoms with van der Waals surface area (Å²) in [7, 11) is 1.12. The smallest absolute Gasteiger partial charge is 0.521 e. The minimum atomic E-state index is -0.292. The first kappa shape index (κ1) is 18.0. The van der Waals surface area contributed by atoms with Crippen molar-refractivity contribution in [1.29, 1.82) is 0 Å². The molecule has 0 amide bonds. The first-order chi connectivity index (χ1) is 9.79. The molecule has 3 saturated carbocycles. The van der Waals surface area contributed by atoms with E-state index in [1.165, 1.54) is 13.5 Å². The molecule has 3 N–H and O–H groups in total. The molecule has 1 saturated heterocycles. The minimum Gasteiger partial charge on any atom is -1.00 e. The number of carbonyl (C=O) groups excluding carboxylic acids is 1. The van der Waals surface area contributed by atoms with Crippen molar-refractivity contribution >= 4 is 13.1 Å². The van der Waals surface area contributed by atoms with Crippen molar-refractivity contribution in [2.75, 3.05) is 7.11 Å². The number of quaternary nitrogens is 1. The molecule has 4 rings (SSSR count). The van der Waals surface area contributed by atoms with E-state index in [2.05, 4.69) is 31.2 Å². The lowest BCUT2D eigenvalue weighted by atomic mass is 9.43. The zero-order valence-electron chi connectivity index (χ0n) is 13.9. The van der Waals surface area contributed by atoms with Crippen LogP contribution in [0.1, 0.15) is 46.5 Å². The third kappa shape index (κ3) is 2.58. The molecule has 2 bridgehead atoms. The summed E-state index contributed by atoms with van der Waals surface area (Å²) in [5.74, 6) is 1.08. The molecule has 0 spiro atoms. The topological polar surface area (TPSA) is 72.4 Å². The van der Waals surface area contributed by atoms with Gasteiger partial charge in [0.15, 0.2) is 0 Å². The van der Waals surface area contributed by atoms with Crippen LogP contribution >= 0.6 is 0 Å². The monoisotopic (exact) mass is 331 g/mol. The molecule has 4 fully saturated rings. The van der Waals surface area contributed by atoms with Gasteiger partial charge >= 0.3 is 13.1 Å². The summed E-state index contributed by atoms with van der Waals surface area (Å²) in [6.45, 7) is 6.90. The van der Waals surface area contributed by atoms with Gasteiger partial charge in [0.1, 0.15) is 5.94 Å². The SMILES string of the molecule is COC(=O)CCC([NH3+])B1O[C@@H]2C[C@@H]3C[C@@H](C3(C)C)[C@]2(C)O1.[Cl-]. The van der Waals surface area contributed by atoms with Gasteiger partial charge in [-0.2, -0.15) is 0 Å². The van der Waals surface area contributed by atoms with Gasteiger partial charge in [-0.3, -0.25) is 4.79 Å². The quantitative estimate of drug-likeness (QED) is 0.470. The highest BCUT2D eigenvalue weighted by atomic mass is 35.5. The Balaban J connectivity index is 0.00000176. The van der Waals surface area contributed by atoms with E-state index >= 15 is 0 Å². The van der Waals surface area contributed by atoms with Crippen LogP contribution in [0.5, 0.6) is 0 Å². The predicted octanol–water partition coefficient (Wildman–Crippen LogP) is -2.18. The molecule has 126 valence electrons. The number of methoxy groups -OCH3 is 1. The number of hydrogen-bond donors (Lipinski definition) is 1. The van der Waals surface area contributed by atoms with Crippen LogP contribution in [0.4, 0.5) is 0 Å². The lowest BCUT2D eigenvalue weighted by Crippen LogP contribution is -3.00. The number of hydrogen-bond acceptors (Lipinski definition) is 4. The van der Waals surface area contributed by atoms with Crippen LogP contribution in [0.25, 0.3) is 0 Å². The van der Waals surface area contributed by atoms with E-state index in [0.29, 0.717) is 24.2 Å². The lowest BCUT2D eigenvalue weighted by molar-refractivity contribution is -0.398. The van der Waals surface area contributed by atoms with Crippen molar-refractivity contribution in [3.63, 3.8) is 0 Å². The third-order valence-corrected chi connectivity index (χ3v) is 6.30. The fraction of sp³-hybridized carbons (Fsp3) is 0.933. The number of esters is 1. The van der Waals surface area contributed by atoms with Crippen molar-refractivity contribution in [2.24, 2.45) is 17.3 Å². The summed E-state index contributed by atoms with van der Waals surface area (Å²) in [5.41, 5.74) is 4.30. The molecule has 1 aliphatic heterocycles. The van der Waals surface area contributed by atoms with Gasteiger partial charge in [0, 0.05) is 6.42 Å². The molecule has 4 aliphatic rings. The summed E-state index contributed by atoms with van der Waals surface area (Å²) < 4.78 is 17.2. The summed E-state index contributed by atoms with van der Waals surface area (Å²) in [5, 5.41) is 0. The number of halogens is 1. The van der Waals surface area contributed by atoms with Gasteiger partial charge < -0.3 is 32.2 Å². The highest BCUT2D eigenvalue weighted by molar-refractivity contribution is 6.46. The van der Waals surface area contributed by atoms with Gasteiger partial charge in [0.2, 0.25) is 0 Å². The average molecular weight is 332 g/mol. The number of ether oxygens (including phenoxy) is 1. The van der Waals surface area contributed by atoms with Crippen molar-refractivity contribution in [1.82, 2.24) is 0 Å². The van der Waals surface area contributed by atoms with Gasteiger partial charge in [-0.25, -0.2) is 0 Å². The van der Waals surface area contributed by atoms with Crippen LogP contribution < -0.4 is 18.1 Å². The van der Waals surface area contributed by atoms with E-state index in [1.807, 2.05) is 0 Å². The molecular weight excluding hydrogens is 304 g/mol. The summed E-state index contributed by atoms with van der Waals surface area (Å²) >= 11 is 0. The summed E-state index contributed by atoms with van der Waals surface area (Å²) in [6.07, 6.45) is 3.52. The normalized spacial score (nSPS) is 39.3. The van der Waals surface area contributed by atoms with Crippen LogP contribution in [-0.4, -0.2) is 37.8 Å². The molecule has 0 aromatic carbocycles. The zero-order valence-corrected chi connectivity index (χ0v) is 14.7.